The molecule has 0 aliphatic heterocycles. The van der Waals surface area contributed by atoms with Crippen LogP contribution in [0.15, 0.2) is 22.6 Å². The zero-order valence-electron chi connectivity index (χ0n) is 13.0. The molecule has 1 N–H and O–H groups in total. The average Bonchev–Trinajstić information content (AvgIpc) is 2.99. The number of rotatable bonds is 7. The van der Waals surface area contributed by atoms with E-state index >= 15 is 0 Å². The zero-order valence-corrected chi connectivity index (χ0v) is 14.6. The van der Waals surface area contributed by atoms with Gasteiger partial charge in [0.15, 0.2) is 11.6 Å². The minimum atomic E-state index is -0.644. The first-order chi connectivity index (χ1) is 11.5. The summed E-state index contributed by atoms with van der Waals surface area (Å²) in [4.78, 5) is 15.6. The summed E-state index contributed by atoms with van der Waals surface area (Å²) in [5, 5.41) is 6.11. The summed E-state index contributed by atoms with van der Waals surface area (Å²) < 4.78 is 23.5. The fourth-order valence-corrected chi connectivity index (χ4v) is 2.62. The second kappa shape index (κ2) is 8.60. The quantitative estimate of drug-likeness (QED) is 0.458. The number of nitrogens with one attached hydrogen (secondary N) is 1. The maximum Gasteiger partial charge on any atom is 0.311 e. The first-order valence-corrected chi connectivity index (χ1v) is 8.22. The number of hydrazone groups is 1. The number of ether oxygens (including phenoxy) is 2. The van der Waals surface area contributed by atoms with Gasteiger partial charge in [-0.05, 0) is 19.1 Å². The summed E-state index contributed by atoms with van der Waals surface area (Å²) in [5.74, 6) is -0.916. The number of benzene rings is 1. The third-order valence-electron chi connectivity index (χ3n) is 2.84. The molecule has 0 atom stereocenters. The van der Waals surface area contributed by atoms with Crippen molar-refractivity contribution in [3.05, 3.63) is 39.6 Å². The molecule has 24 heavy (non-hydrogen) atoms. The molecule has 0 spiro atoms. The van der Waals surface area contributed by atoms with Crippen LogP contribution in [0.1, 0.15) is 18.2 Å². The predicted octanol–water partition coefficient (Wildman–Crippen LogP) is 3.50. The second-order valence-corrected chi connectivity index (χ2v) is 5.72. The first-order valence-electron chi connectivity index (χ1n) is 6.96. The number of carbonyl (C=O) groups excluding carboxylic acids is 1. The Labute approximate surface area is 147 Å². The standard InChI is InChI=1S/C15H15ClFN3O3S/c1-3-23-12(21)6-10-8-24-15(19-10)20-18-7-9-4-5-11(22-2)14(17)13(9)16/h4-5,7-8H,3,6H2,1-2H3,(H,19,20). The smallest absolute Gasteiger partial charge is 0.311 e. The van der Waals surface area contributed by atoms with Gasteiger partial charge in [0.2, 0.25) is 5.13 Å². The highest BCUT2D eigenvalue weighted by Crippen LogP contribution is 2.27. The lowest BCUT2D eigenvalue weighted by molar-refractivity contribution is -0.142. The van der Waals surface area contributed by atoms with Crippen molar-refractivity contribution < 1.29 is 18.7 Å². The molecule has 6 nitrogen and oxygen atoms in total. The Balaban J connectivity index is 1.99. The van der Waals surface area contributed by atoms with Crippen molar-refractivity contribution in [2.24, 2.45) is 5.10 Å². The first kappa shape index (κ1) is 18.2. The van der Waals surface area contributed by atoms with Crippen LogP contribution < -0.4 is 10.2 Å². The molecule has 0 saturated carbocycles. The summed E-state index contributed by atoms with van der Waals surface area (Å²) in [6.07, 6.45) is 1.47. The number of anilines is 1. The largest absolute Gasteiger partial charge is 0.494 e. The topological polar surface area (TPSA) is 72.8 Å². The van der Waals surface area contributed by atoms with E-state index in [1.807, 2.05) is 0 Å². The maximum atomic E-state index is 13.8. The van der Waals surface area contributed by atoms with Gasteiger partial charge in [-0.25, -0.2) is 9.37 Å². The Bertz CT molecular complexity index is 752. The Morgan fingerprint density at radius 2 is 2.33 bits per heavy atom. The molecule has 0 bridgehead atoms. The van der Waals surface area contributed by atoms with E-state index in [0.29, 0.717) is 23.0 Å². The minimum Gasteiger partial charge on any atom is -0.494 e. The fourth-order valence-electron chi connectivity index (χ4n) is 1.76. The van der Waals surface area contributed by atoms with Crippen LogP contribution in [0.2, 0.25) is 5.02 Å². The molecule has 0 unspecified atom stereocenters. The Morgan fingerprint density at radius 1 is 1.54 bits per heavy atom. The lowest BCUT2D eigenvalue weighted by Gasteiger charge is -2.05. The summed E-state index contributed by atoms with van der Waals surface area (Å²) in [6, 6.07) is 3.05. The van der Waals surface area contributed by atoms with Gasteiger partial charge in [-0.3, -0.25) is 10.2 Å². The molecular weight excluding hydrogens is 357 g/mol. The van der Waals surface area contributed by atoms with Crippen LogP contribution in [0, 0.1) is 5.82 Å². The van der Waals surface area contributed by atoms with Crippen molar-refractivity contribution >= 4 is 40.3 Å². The SMILES string of the molecule is CCOC(=O)Cc1csc(NN=Cc2ccc(OC)c(F)c2Cl)n1. The van der Waals surface area contributed by atoms with Gasteiger partial charge in [0.1, 0.15) is 0 Å². The third-order valence-corrected chi connectivity index (χ3v) is 4.02. The Hall–Kier alpha value is -2.19. The Morgan fingerprint density at radius 3 is 3.04 bits per heavy atom. The number of carbonyl (C=O) groups is 1. The number of aromatic nitrogens is 1. The van der Waals surface area contributed by atoms with Crippen LogP contribution >= 0.6 is 22.9 Å². The number of halogens is 2. The van der Waals surface area contributed by atoms with Crippen LogP contribution in [-0.2, 0) is 16.0 Å². The van der Waals surface area contributed by atoms with E-state index in [2.05, 4.69) is 15.5 Å². The highest BCUT2D eigenvalue weighted by atomic mass is 35.5. The van der Waals surface area contributed by atoms with Gasteiger partial charge in [-0.2, -0.15) is 5.10 Å². The second-order valence-electron chi connectivity index (χ2n) is 4.48. The van der Waals surface area contributed by atoms with Gasteiger partial charge in [-0.1, -0.05) is 11.6 Å². The monoisotopic (exact) mass is 371 g/mol. The molecule has 0 aliphatic carbocycles. The Kier molecular flexibility index (Phi) is 6.51. The highest BCUT2D eigenvalue weighted by Gasteiger charge is 2.11. The van der Waals surface area contributed by atoms with E-state index in [9.17, 15) is 9.18 Å². The molecule has 2 aromatic rings. The third kappa shape index (κ3) is 4.65. The lowest BCUT2D eigenvalue weighted by atomic mass is 10.2. The molecule has 0 saturated heterocycles. The van der Waals surface area contributed by atoms with Gasteiger partial charge in [0.25, 0.3) is 0 Å². The van der Waals surface area contributed by atoms with Gasteiger partial charge < -0.3 is 9.47 Å². The van der Waals surface area contributed by atoms with Gasteiger partial charge in [0.05, 0.1) is 37.1 Å². The van der Waals surface area contributed by atoms with E-state index in [0.717, 1.165) is 0 Å². The van der Waals surface area contributed by atoms with Crippen LogP contribution in [0.5, 0.6) is 5.75 Å². The van der Waals surface area contributed by atoms with Crippen LogP contribution in [0.25, 0.3) is 0 Å². The molecule has 9 heteroatoms. The lowest BCUT2D eigenvalue weighted by Crippen LogP contribution is -2.07. The van der Waals surface area contributed by atoms with Crippen molar-refractivity contribution in [2.75, 3.05) is 19.1 Å². The number of hydrogen-bond donors (Lipinski definition) is 1. The van der Waals surface area contributed by atoms with E-state index in [4.69, 9.17) is 21.1 Å². The van der Waals surface area contributed by atoms with Crippen LogP contribution in [-0.4, -0.2) is 30.9 Å². The summed E-state index contributed by atoms with van der Waals surface area (Å²) in [5.41, 5.74) is 3.69. The molecule has 0 amide bonds. The molecule has 2 rings (SSSR count). The fraction of sp³-hybridized carbons (Fsp3) is 0.267. The maximum absolute atomic E-state index is 13.8. The number of esters is 1. The molecule has 0 aliphatic rings. The summed E-state index contributed by atoms with van der Waals surface area (Å²) in [6.45, 7) is 2.07. The predicted molar refractivity (Wildman–Crippen MR) is 91.6 cm³/mol. The van der Waals surface area contributed by atoms with E-state index < -0.39 is 5.82 Å². The van der Waals surface area contributed by atoms with Crippen molar-refractivity contribution in [3.8, 4) is 5.75 Å². The van der Waals surface area contributed by atoms with Crippen molar-refractivity contribution in [1.29, 1.82) is 0 Å². The summed E-state index contributed by atoms with van der Waals surface area (Å²) >= 11 is 7.20. The molecule has 1 heterocycles. The van der Waals surface area contributed by atoms with E-state index in [1.54, 1.807) is 18.4 Å². The number of nitrogens with zero attached hydrogens (tertiary/aromatic N) is 2. The van der Waals surface area contributed by atoms with Crippen LogP contribution in [0.3, 0.4) is 0 Å². The van der Waals surface area contributed by atoms with Gasteiger partial charge in [0, 0.05) is 10.9 Å². The van der Waals surface area contributed by atoms with E-state index in [1.165, 1.54) is 30.7 Å². The number of methoxy groups -OCH3 is 1. The van der Waals surface area contributed by atoms with E-state index in [-0.39, 0.29) is 23.2 Å². The minimum absolute atomic E-state index is 0.0636. The average molecular weight is 372 g/mol. The van der Waals surface area contributed by atoms with Crippen molar-refractivity contribution in [2.45, 2.75) is 13.3 Å². The van der Waals surface area contributed by atoms with Gasteiger partial charge in [-0.15, -0.1) is 11.3 Å². The van der Waals surface area contributed by atoms with Gasteiger partial charge >= 0.3 is 5.97 Å². The molecule has 0 radical (unpaired) electrons. The summed E-state index contributed by atoms with van der Waals surface area (Å²) in [7, 11) is 1.36. The zero-order chi connectivity index (χ0) is 17.5. The highest BCUT2D eigenvalue weighted by molar-refractivity contribution is 7.13. The number of hydrogen-bond acceptors (Lipinski definition) is 7. The van der Waals surface area contributed by atoms with Crippen LogP contribution in [0.4, 0.5) is 9.52 Å². The number of thiazole rings is 1. The molecule has 1 aromatic carbocycles. The molecular formula is C15H15ClFN3O3S. The normalized spacial score (nSPS) is 10.8. The molecule has 1 aromatic heterocycles. The van der Waals surface area contributed by atoms with Crippen molar-refractivity contribution in [1.82, 2.24) is 4.98 Å². The molecule has 128 valence electrons. The molecule has 0 fully saturated rings. The van der Waals surface area contributed by atoms with Crippen molar-refractivity contribution in [3.63, 3.8) is 0 Å².